The van der Waals surface area contributed by atoms with Crippen LogP contribution in [0.15, 0.2) is 71.9 Å². The van der Waals surface area contributed by atoms with Crippen molar-refractivity contribution in [2.24, 2.45) is 4.99 Å². The van der Waals surface area contributed by atoms with Crippen LogP contribution >= 0.6 is 0 Å². The van der Waals surface area contributed by atoms with Gasteiger partial charge in [0.2, 0.25) is 16.8 Å². The summed E-state index contributed by atoms with van der Waals surface area (Å²) in [4.78, 5) is 44.9. The third-order valence-electron chi connectivity index (χ3n) is 5.71. The Morgan fingerprint density at radius 3 is 1.88 bits per heavy atom. The van der Waals surface area contributed by atoms with Gasteiger partial charge in [0, 0.05) is 23.1 Å². The van der Waals surface area contributed by atoms with Gasteiger partial charge >= 0.3 is 18.4 Å². The number of ether oxygens (including phenoxy) is 2. The number of thiol groups is 1. The minimum atomic E-state index is -4.61. The lowest BCUT2D eigenvalue weighted by atomic mass is 10.1. The summed E-state index contributed by atoms with van der Waals surface area (Å²) in [6.07, 6.45) is -5.89. The number of anilines is 3. The van der Waals surface area contributed by atoms with Crippen molar-refractivity contribution in [3.05, 3.63) is 83.6 Å². The maximum atomic E-state index is 12.9. The molecule has 0 radical (unpaired) electrons. The average Bonchev–Trinajstić information content (AvgIpc) is 2.94. The van der Waals surface area contributed by atoms with Crippen LogP contribution in [0.4, 0.5) is 40.0 Å². The second kappa shape index (κ2) is 15.1. The summed E-state index contributed by atoms with van der Waals surface area (Å²) in [5.41, 5.74) is -1.20. The van der Waals surface area contributed by atoms with Crippen LogP contribution in [0.25, 0.3) is 0 Å². The Labute approximate surface area is 276 Å². The van der Waals surface area contributed by atoms with Crippen LogP contribution in [0.1, 0.15) is 63.0 Å². The summed E-state index contributed by atoms with van der Waals surface area (Å²) in [5.74, 6) is -0.940. The van der Waals surface area contributed by atoms with E-state index >= 15 is 0 Å². The van der Waals surface area contributed by atoms with Gasteiger partial charge in [-0.2, -0.15) is 13.2 Å². The molecule has 0 unspecified atom stereocenters. The second-order valence-corrected chi connectivity index (χ2v) is 13.1. The topological polar surface area (TPSA) is 168 Å². The van der Waals surface area contributed by atoms with Crippen LogP contribution < -0.4 is 20.3 Å². The highest BCUT2D eigenvalue weighted by atomic mass is 32.2. The zero-order valence-electron chi connectivity index (χ0n) is 26.8. The number of hydrogen-bond donors (Lipinski definition) is 4. The van der Waals surface area contributed by atoms with Crippen molar-refractivity contribution in [2.45, 2.75) is 65.5 Å². The Bertz CT molecular complexity index is 1710. The molecule has 0 spiro atoms. The van der Waals surface area contributed by atoms with E-state index in [4.69, 9.17) is 9.47 Å². The number of aromatic nitrogens is 1. The van der Waals surface area contributed by atoms with Crippen molar-refractivity contribution < 1.29 is 45.4 Å². The lowest BCUT2D eigenvalue weighted by Crippen LogP contribution is -2.40. The van der Waals surface area contributed by atoms with Gasteiger partial charge in [-0.3, -0.25) is 14.4 Å². The number of halogens is 3. The second-order valence-electron chi connectivity index (χ2n) is 12.1. The van der Waals surface area contributed by atoms with E-state index in [1.165, 1.54) is 36.4 Å². The molecule has 13 nitrogen and oxygen atoms in total. The van der Waals surface area contributed by atoms with Crippen molar-refractivity contribution in [2.75, 3.05) is 14.9 Å². The van der Waals surface area contributed by atoms with E-state index in [-0.39, 0.29) is 23.9 Å². The van der Waals surface area contributed by atoms with Gasteiger partial charge in [0.1, 0.15) is 17.0 Å². The summed E-state index contributed by atoms with van der Waals surface area (Å²) >= 11 is 0. The maximum Gasteiger partial charge on any atom is 0.437 e. The highest BCUT2D eigenvalue weighted by Gasteiger charge is 2.31. The average molecular weight is 693 g/mol. The number of carbonyl (C=O) groups excluding carboxylic acids is 3. The predicted octanol–water partition coefficient (Wildman–Crippen LogP) is 6.11. The van der Waals surface area contributed by atoms with E-state index in [1.54, 1.807) is 53.7 Å². The Morgan fingerprint density at radius 1 is 0.812 bits per heavy atom. The van der Waals surface area contributed by atoms with E-state index in [0.29, 0.717) is 23.1 Å². The van der Waals surface area contributed by atoms with Crippen molar-refractivity contribution in [3.8, 4) is 0 Å². The van der Waals surface area contributed by atoms with Gasteiger partial charge in [0.05, 0.1) is 12.1 Å². The number of alkyl carbamates (subject to hydrolysis) is 1. The molecule has 48 heavy (non-hydrogen) atoms. The van der Waals surface area contributed by atoms with Crippen molar-refractivity contribution in [3.63, 3.8) is 0 Å². The maximum absolute atomic E-state index is 12.9. The number of benzene rings is 2. The molecule has 0 saturated carbocycles. The molecule has 0 aliphatic carbocycles. The number of nitrogens with zero attached hydrogens (tertiary/aromatic N) is 3. The Morgan fingerprint density at radius 2 is 1.38 bits per heavy atom. The number of carbonyl (C=O) groups is 3. The van der Waals surface area contributed by atoms with Crippen LogP contribution in [0.3, 0.4) is 0 Å². The molecule has 3 N–H and O–H groups in total. The van der Waals surface area contributed by atoms with Crippen LogP contribution in [-0.2, 0) is 33.1 Å². The lowest BCUT2D eigenvalue weighted by molar-refractivity contribution is -0.137. The number of nitrogens with one attached hydrogen (secondary N) is 3. The first-order valence-corrected chi connectivity index (χ1v) is 15.4. The molecule has 0 atom stereocenters. The molecule has 3 aromatic rings. The zero-order chi connectivity index (χ0) is 35.9. The third-order valence-corrected chi connectivity index (χ3v) is 6.45. The first kappa shape index (κ1) is 37.3. The Balaban J connectivity index is 1.67. The van der Waals surface area contributed by atoms with Gasteiger partial charge in [-0.15, -0.1) is 4.99 Å². The van der Waals surface area contributed by atoms with E-state index in [2.05, 4.69) is 25.9 Å². The number of rotatable bonds is 7. The summed E-state index contributed by atoms with van der Waals surface area (Å²) in [6.45, 7) is 9.76. The number of amides is 3. The quantitative estimate of drug-likeness (QED) is 0.130. The smallest absolute Gasteiger partial charge is 0.437 e. The van der Waals surface area contributed by atoms with E-state index in [1.807, 2.05) is 0 Å². The molecular weight excluding hydrogens is 657 g/mol. The molecule has 17 heteroatoms. The van der Waals surface area contributed by atoms with Crippen LogP contribution in [0.5, 0.6) is 0 Å². The fraction of sp³-hybridized carbons (Fsp3) is 0.323. The van der Waals surface area contributed by atoms with Gasteiger partial charge in [-0.25, -0.2) is 23.0 Å². The predicted molar refractivity (Wildman–Crippen MR) is 173 cm³/mol. The van der Waals surface area contributed by atoms with Gasteiger partial charge in [-0.1, -0.05) is 12.1 Å². The number of alkyl halides is 3. The number of aliphatic imine (C=N–C) groups is 1. The van der Waals surface area contributed by atoms with Crippen molar-refractivity contribution in [1.82, 2.24) is 10.3 Å². The summed E-state index contributed by atoms with van der Waals surface area (Å²) in [6, 6.07) is 13.8. The van der Waals surface area contributed by atoms with Gasteiger partial charge in [0.25, 0.3) is 5.91 Å². The fourth-order valence-electron chi connectivity index (χ4n) is 3.70. The standard InChI is InChI=1S/C31H35F3N6O7S/c1-29(2,3)46-27(42)38-26(39-28(43)47-30(4,5)6)37-23-14-9-20(10-15-23)25(41)36-22-12-7-19(8-13-22)18-40(48(44)45)24-16-11-21(17-35-24)31(32,33)34/h7-17,48H,18H2,1-6H3,(H,36,41)(H2,37,38,39,42,43). The Kier molecular flexibility index (Phi) is 11.8. The summed E-state index contributed by atoms with van der Waals surface area (Å²) < 4.78 is 73.4. The molecule has 258 valence electrons. The SMILES string of the molecule is CC(C)(C)OC(=O)/N=C(/NC(=O)OC(C)(C)C)Nc1ccc(C(=O)Nc2ccc(CN(c3ccc(C(F)(F)F)cn3)[SH](=O)=O)cc2)cc1. The monoisotopic (exact) mass is 692 g/mol. The van der Waals surface area contributed by atoms with E-state index in [0.717, 1.165) is 16.4 Å². The Hall–Kier alpha value is -5.19. The highest BCUT2D eigenvalue weighted by Crippen LogP contribution is 2.29. The molecule has 0 fully saturated rings. The van der Waals surface area contributed by atoms with E-state index in [9.17, 15) is 36.0 Å². The minimum absolute atomic E-state index is 0.182. The van der Waals surface area contributed by atoms with Gasteiger partial charge in [0.15, 0.2) is 0 Å². The molecule has 2 aromatic carbocycles. The fourth-order valence-corrected chi connectivity index (χ4v) is 4.27. The number of hydrogen-bond acceptors (Lipinski definition) is 8. The molecule has 1 heterocycles. The molecular formula is C31H35F3N6O7S. The van der Waals surface area contributed by atoms with Crippen LogP contribution in [-0.4, -0.2) is 48.7 Å². The van der Waals surface area contributed by atoms with Crippen molar-refractivity contribution in [1.29, 1.82) is 0 Å². The van der Waals surface area contributed by atoms with Crippen molar-refractivity contribution >= 4 is 52.1 Å². The zero-order valence-corrected chi connectivity index (χ0v) is 27.7. The van der Waals surface area contributed by atoms with Gasteiger partial charge < -0.3 is 20.1 Å². The molecule has 3 rings (SSSR count). The lowest BCUT2D eigenvalue weighted by Gasteiger charge is -2.21. The first-order chi connectivity index (χ1) is 22.2. The molecule has 1 aromatic heterocycles. The molecule has 0 aliphatic rings. The third kappa shape index (κ3) is 12.2. The number of pyridine rings is 1. The normalized spacial score (nSPS) is 12.2. The highest BCUT2D eigenvalue weighted by molar-refractivity contribution is 7.74. The van der Waals surface area contributed by atoms with E-state index < -0.39 is 51.9 Å². The summed E-state index contributed by atoms with van der Waals surface area (Å²) in [5, 5.41) is 7.85. The largest absolute Gasteiger partial charge is 0.444 e. The number of guanidine groups is 1. The van der Waals surface area contributed by atoms with Crippen LogP contribution in [0.2, 0.25) is 0 Å². The van der Waals surface area contributed by atoms with Gasteiger partial charge in [-0.05, 0) is 95.6 Å². The molecule has 0 aliphatic heterocycles. The first-order valence-electron chi connectivity index (χ1n) is 14.2. The molecule has 0 saturated heterocycles. The minimum Gasteiger partial charge on any atom is -0.444 e. The molecule has 0 bridgehead atoms. The molecule has 3 amide bonds. The van der Waals surface area contributed by atoms with Crippen LogP contribution in [0, 0.1) is 0 Å². The summed E-state index contributed by atoms with van der Waals surface area (Å²) in [7, 11) is -3.23.